The Morgan fingerprint density at radius 3 is 2.74 bits per heavy atom. The zero-order valence-corrected chi connectivity index (χ0v) is 13.3. The Morgan fingerprint density at radius 1 is 1.13 bits per heavy atom. The Morgan fingerprint density at radius 2 is 1.96 bits per heavy atom. The second-order valence-corrected chi connectivity index (χ2v) is 6.53. The molecule has 23 heavy (non-hydrogen) atoms. The smallest absolute Gasteiger partial charge is 0.152 e. The highest BCUT2D eigenvalue weighted by Crippen LogP contribution is 2.35. The second kappa shape index (κ2) is 5.81. The minimum atomic E-state index is 0.535. The second-order valence-electron chi connectivity index (χ2n) is 6.53. The van der Waals surface area contributed by atoms with Gasteiger partial charge in [0.2, 0.25) is 0 Å². The minimum Gasteiger partial charge on any atom is -0.382 e. The van der Waals surface area contributed by atoms with Crippen molar-refractivity contribution in [2.24, 2.45) is 11.7 Å². The van der Waals surface area contributed by atoms with Gasteiger partial charge in [0.15, 0.2) is 5.82 Å². The number of para-hydroxylation sites is 1. The molecule has 0 radical (unpaired) electrons. The fourth-order valence-electron chi connectivity index (χ4n) is 3.30. The monoisotopic (exact) mass is 309 g/mol. The third-order valence-corrected chi connectivity index (χ3v) is 4.69. The minimum absolute atomic E-state index is 0.535. The fraction of sp³-hybridized carbons (Fsp3) is 0.444. The van der Waals surface area contributed by atoms with Gasteiger partial charge in [0.1, 0.15) is 11.3 Å². The molecular weight excluding hydrogens is 286 g/mol. The standard InChI is InChI=1S/C18H23N5/c19-9-3-4-10-23-15(11-12-7-8-12)22-16-17(23)13-5-1-2-6-14(13)21-18(16)20/h1-2,5-6,12H,3-4,7-11,19H2,(H2,20,21). The zero-order valence-electron chi connectivity index (χ0n) is 13.3. The predicted molar refractivity (Wildman–Crippen MR) is 94.2 cm³/mol. The van der Waals surface area contributed by atoms with Crippen LogP contribution in [-0.4, -0.2) is 21.1 Å². The van der Waals surface area contributed by atoms with Crippen LogP contribution in [0.1, 0.15) is 31.5 Å². The van der Waals surface area contributed by atoms with Crippen molar-refractivity contribution >= 4 is 27.8 Å². The highest BCUT2D eigenvalue weighted by atomic mass is 15.1. The van der Waals surface area contributed by atoms with Gasteiger partial charge in [0, 0.05) is 18.4 Å². The molecule has 0 amide bonds. The molecule has 1 fully saturated rings. The molecule has 0 atom stereocenters. The lowest BCUT2D eigenvalue weighted by Gasteiger charge is -2.10. The third-order valence-electron chi connectivity index (χ3n) is 4.69. The fourth-order valence-corrected chi connectivity index (χ4v) is 3.30. The van der Waals surface area contributed by atoms with E-state index in [9.17, 15) is 0 Å². The first-order valence-electron chi connectivity index (χ1n) is 8.51. The number of benzene rings is 1. The average molecular weight is 309 g/mol. The van der Waals surface area contributed by atoms with E-state index in [0.717, 1.165) is 66.0 Å². The van der Waals surface area contributed by atoms with Crippen molar-refractivity contribution in [2.45, 2.75) is 38.6 Å². The maximum atomic E-state index is 6.20. The number of unbranched alkanes of at least 4 members (excludes halogenated alkanes) is 1. The molecule has 1 aliphatic carbocycles. The maximum absolute atomic E-state index is 6.20. The summed E-state index contributed by atoms with van der Waals surface area (Å²) in [6.45, 7) is 1.68. The number of nitrogens with two attached hydrogens (primary N) is 2. The van der Waals surface area contributed by atoms with Crippen molar-refractivity contribution in [1.82, 2.24) is 14.5 Å². The number of hydrogen-bond donors (Lipinski definition) is 2. The van der Waals surface area contributed by atoms with Crippen LogP contribution in [0.5, 0.6) is 0 Å². The van der Waals surface area contributed by atoms with Gasteiger partial charge in [-0.1, -0.05) is 18.2 Å². The van der Waals surface area contributed by atoms with Crippen LogP contribution in [0, 0.1) is 5.92 Å². The number of imidazole rings is 1. The Bertz CT molecular complexity index is 847. The van der Waals surface area contributed by atoms with Crippen molar-refractivity contribution < 1.29 is 0 Å². The van der Waals surface area contributed by atoms with E-state index in [1.807, 2.05) is 12.1 Å². The summed E-state index contributed by atoms with van der Waals surface area (Å²) < 4.78 is 2.36. The molecule has 0 bridgehead atoms. The van der Waals surface area contributed by atoms with Gasteiger partial charge in [-0.15, -0.1) is 0 Å². The summed E-state index contributed by atoms with van der Waals surface area (Å²) >= 11 is 0. The van der Waals surface area contributed by atoms with E-state index < -0.39 is 0 Å². The molecule has 2 heterocycles. The van der Waals surface area contributed by atoms with Crippen LogP contribution in [0.2, 0.25) is 0 Å². The number of pyridine rings is 1. The van der Waals surface area contributed by atoms with Gasteiger partial charge in [-0.25, -0.2) is 9.97 Å². The van der Waals surface area contributed by atoms with Crippen molar-refractivity contribution in [2.75, 3.05) is 12.3 Å². The van der Waals surface area contributed by atoms with Gasteiger partial charge in [0.25, 0.3) is 0 Å². The highest BCUT2D eigenvalue weighted by Gasteiger charge is 2.25. The quantitative estimate of drug-likeness (QED) is 0.686. The number of nitrogen functional groups attached to an aromatic ring is 1. The van der Waals surface area contributed by atoms with Crippen molar-refractivity contribution in [3.63, 3.8) is 0 Å². The van der Waals surface area contributed by atoms with E-state index in [0.29, 0.717) is 5.82 Å². The molecule has 0 unspecified atom stereocenters. The summed E-state index contributed by atoms with van der Waals surface area (Å²) in [6, 6.07) is 8.19. The molecule has 5 nitrogen and oxygen atoms in total. The molecular formula is C18H23N5. The van der Waals surface area contributed by atoms with Crippen molar-refractivity contribution in [3.05, 3.63) is 30.1 Å². The van der Waals surface area contributed by atoms with E-state index in [4.69, 9.17) is 16.5 Å². The molecule has 3 aromatic rings. The van der Waals surface area contributed by atoms with Crippen LogP contribution in [0.15, 0.2) is 24.3 Å². The molecule has 1 aromatic carbocycles. The Labute approximate surface area is 135 Å². The topological polar surface area (TPSA) is 82.8 Å². The van der Waals surface area contributed by atoms with E-state index >= 15 is 0 Å². The molecule has 4 rings (SSSR count). The summed E-state index contributed by atoms with van der Waals surface area (Å²) in [5, 5.41) is 1.14. The molecule has 0 saturated heterocycles. The highest BCUT2D eigenvalue weighted by molar-refractivity contribution is 6.06. The lowest BCUT2D eigenvalue weighted by molar-refractivity contribution is 0.591. The third kappa shape index (κ3) is 2.65. The van der Waals surface area contributed by atoms with Gasteiger partial charge in [-0.2, -0.15) is 0 Å². The first-order chi connectivity index (χ1) is 11.3. The van der Waals surface area contributed by atoms with E-state index in [1.54, 1.807) is 0 Å². The Kier molecular flexibility index (Phi) is 3.65. The predicted octanol–water partition coefficient (Wildman–Crippen LogP) is 2.86. The number of rotatable bonds is 6. The van der Waals surface area contributed by atoms with Gasteiger partial charge in [-0.3, -0.25) is 0 Å². The van der Waals surface area contributed by atoms with Gasteiger partial charge < -0.3 is 16.0 Å². The Balaban J connectivity index is 1.91. The Hall–Kier alpha value is -2.14. The van der Waals surface area contributed by atoms with Crippen LogP contribution in [0.4, 0.5) is 5.82 Å². The number of anilines is 1. The van der Waals surface area contributed by atoms with Crippen molar-refractivity contribution in [1.29, 1.82) is 0 Å². The normalized spacial score (nSPS) is 14.8. The SMILES string of the molecule is NCCCCn1c(CC2CC2)nc2c(N)nc3ccccc3c21. The van der Waals surface area contributed by atoms with Gasteiger partial charge in [-0.05, 0) is 44.2 Å². The van der Waals surface area contributed by atoms with Gasteiger partial charge >= 0.3 is 0 Å². The molecule has 0 spiro atoms. The first kappa shape index (κ1) is 14.5. The lowest BCUT2D eigenvalue weighted by Crippen LogP contribution is -2.07. The summed E-state index contributed by atoms with van der Waals surface area (Å²) in [7, 11) is 0. The molecule has 4 N–H and O–H groups in total. The number of aromatic nitrogens is 3. The summed E-state index contributed by atoms with van der Waals surface area (Å²) in [6.07, 6.45) is 5.78. The zero-order chi connectivity index (χ0) is 15.8. The van der Waals surface area contributed by atoms with Crippen molar-refractivity contribution in [3.8, 4) is 0 Å². The summed E-state index contributed by atoms with van der Waals surface area (Å²) in [4.78, 5) is 9.40. The first-order valence-corrected chi connectivity index (χ1v) is 8.51. The molecule has 5 heteroatoms. The number of nitrogens with zero attached hydrogens (tertiary/aromatic N) is 3. The van der Waals surface area contributed by atoms with Crippen LogP contribution in [0.25, 0.3) is 21.9 Å². The van der Waals surface area contributed by atoms with Crippen LogP contribution in [0.3, 0.4) is 0 Å². The molecule has 120 valence electrons. The number of hydrogen-bond acceptors (Lipinski definition) is 4. The van der Waals surface area contributed by atoms with E-state index in [-0.39, 0.29) is 0 Å². The molecule has 2 aromatic heterocycles. The number of aryl methyl sites for hydroxylation is 1. The van der Waals surface area contributed by atoms with E-state index in [2.05, 4.69) is 21.7 Å². The lowest BCUT2D eigenvalue weighted by atomic mass is 10.2. The van der Waals surface area contributed by atoms with Crippen LogP contribution < -0.4 is 11.5 Å². The average Bonchev–Trinajstić information content (AvgIpc) is 3.29. The van der Waals surface area contributed by atoms with Crippen LogP contribution >= 0.6 is 0 Å². The largest absolute Gasteiger partial charge is 0.382 e. The number of fused-ring (bicyclic) bond motifs is 3. The van der Waals surface area contributed by atoms with E-state index in [1.165, 1.54) is 12.8 Å². The molecule has 1 saturated carbocycles. The van der Waals surface area contributed by atoms with Gasteiger partial charge in [0.05, 0.1) is 11.0 Å². The summed E-state index contributed by atoms with van der Waals surface area (Å²) in [5.41, 5.74) is 14.8. The molecule has 1 aliphatic rings. The van der Waals surface area contributed by atoms with Crippen LogP contribution in [-0.2, 0) is 13.0 Å². The molecule has 0 aliphatic heterocycles. The maximum Gasteiger partial charge on any atom is 0.152 e. The summed E-state index contributed by atoms with van der Waals surface area (Å²) in [5.74, 6) is 2.48.